The number of nitrogens with zero attached hydrogens (tertiary/aromatic N) is 1. The molecule has 0 atom stereocenters. The predicted octanol–water partition coefficient (Wildman–Crippen LogP) is 1.46. The molecule has 14 heavy (non-hydrogen) atoms. The van der Waals surface area contributed by atoms with Crippen molar-refractivity contribution in [2.24, 2.45) is 5.73 Å². The van der Waals surface area contributed by atoms with Crippen LogP contribution in [0.25, 0.3) is 0 Å². The summed E-state index contributed by atoms with van der Waals surface area (Å²) in [6.07, 6.45) is 0. The quantitative estimate of drug-likeness (QED) is 0.832. The minimum atomic E-state index is -0.480. The molecule has 0 spiro atoms. The van der Waals surface area contributed by atoms with E-state index in [1.54, 1.807) is 0 Å². The first-order valence-corrected chi connectivity index (χ1v) is 3.80. The normalized spacial score (nSPS) is 8.64. The van der Waals surface area contributed by atoms with Crippen LogP contribution in [0.1, 0.15) is 5.56 Å². The van der Waals surface area contributed by atoms with Crippen LogP contribution in [0.4, 0.5) is 4.39 Å². The van der Waals surface area contributed by atoms with Crippen LogP contribution in [0.2, 0.25) is 0 Å². The Hall–Kier alpha value is -1.31. The highest BCUT2D eigenvalue weighted by Gasteiger charge is 2.00. The van der Waals surface area contributed by atoms with Gasteiger partial charge in [-0.1, -0.05) is 0 Å². The van der Waals surface area contributed by atoms with Crippen molar-refractivity contribution in [2.45, 2.75) is 0 Å². The Balaban J connectivity index is 0.00000169. The van der Waals surface area contributed by atoms with E-state index < -0.39 is 5.82 Å². The van der Waals surface area contributed by atoms with Crippen LogP contribution in [0.3, 0.4) is 0 Å². The lowest BCUT2D eigenvalue weighted by Crippen LogP contribution is -2.10. The van der Waals surface area contributed by atoms with Crippen LogP contribution < -0.4 is 10.5 Å². The van der Waals surface area contributed by atoms with E-state index in [-0.39, 0.29) is 18.0 Å². The molecule has 2 N–H and O–H groups in total. The summed E-state index contributed by atoms with van der Waals surface area (Å²) in [5.41, 5.74) is 5.44. The standard InChI is InChI=1S/C9H9FN2O.ClH/c10-8-3-7(6-12)4-9(5-8)13-2-1-11;/h3-5H,1-2,11H2;1H. The molecule has 5 heteroatoms. The van der Waals surface area contributed by atoms with Crippen molar-refractivity contribution >= 4 is 12.4 Å². The summed E-state index contributed by atoms with van der Waals surface area (Å²) in [7, 11) is 0. The molecule has 0 heterocycles. The largest absolute Gasteiger partial charge is 0.492 e. The molecule has 0 unspecified atom stereocenters. The first-order chi connectivity index (χ1) is 6.26. The summed E-state index contributed by atoms with van der Waals surface area (Å²) in [6, 6.07) is 5.67. The highest BCUT2D eigenvalue weighted by Crippen LogP contribution is 2.15. The van der Waals surface area contributed by atoms with Crippen molar-refractivity contribution in [3.05, 3.63) is 29.6 Å². The maximum Gasteiger partial charge on any atom is 0.128 e. The maximum absolute atomic E-state index is 12.8. The zero-order chi connectivity index (χ0) is 9.68. The molecule has 3 nitrogen and oxygen atoms in total. The monoisotopic (exact) mass is 216 g/mol. The van der Waals surface area contributed by atoms with E-state index in [2.05, 4.69) is 0 Å². The summed E-state index contributed by atoms with van der Waals surface area (Å²) in [6.45, 7) is 0.673. The number of nitrogens with two attached hydrogens (primary N) is 1. The van der Waals surface area contributed by atoms with Gasteiger partial charge in [-0.3, -0.25) is 0 Å². The summed E-state index contributed by atoms with van der Waals surface area (Å²) in [4.78, 5) is 0. The summed E-state index contributed by atoms with van der Waals surface area (Å²) in [5, 5.41) is 8.51. The van der Waals surface area contributed by atoms with Crippen LogP contribution >= 0.6 is 12.4 Å². The number of hydrogen-bond acceptors (Lipinski definition) is 3. The Kier molecular flexibility index (Phi) is 5.61. The van der Waals surface area contributed by atoms with Gasteiger partial charge in [-0.05, 0) is 12.1 Å². The minimum Gasteiger partial charge on any atom is -0.492 e. The number of rotatable bonds is 3. The van der Waals surface area contributed by atoms with Crippen molar-refractivity contribution in [3.8, 4) is 11.8 Å². The van der Waals surface area contributed by atoms with Crippen molar-refractivity contribution in [3.63, 3.8) is 0 Å². The van der Waals surface area contributed by atoms with Gasteiger partial charge in [0.05, 0.1) is 11.6 Å². The number of halogens is 2. The van der Waals surface area contributed by atoms with Gasteiger partial charge >= 0.3 is 0 Å². The average molecular weight is 217 g/mol. The molecule has 0 radical (unpaired) electrons. The van der Waals surface area contributed by atoms with Gasteiger partial charge in [0, 0.05) is 12.6 Å². The minimum absolute atomic E-state index is 0. The average Bonchev–Trinajstić information content (AvgIpc) is 2.14. The van der Waals surface area contributed by atoms with Crippen molar-refractivity contribution in [2.75, 3.05) is 13.2 Å². The van der Waals surface area contributed by atoms with Crippen LogP contribution in [0.5, 0.6) is 5.75 Å². The molecule has 0 saturated heterocycles. The number of ether oxygens (including phenoxy) is 1. The van der Waals surface area contributed by atoms with Crippen molar-refractivity contribution < 1.29 is 9.13 Å². The molecule has 0 aliphatic rings. The van der Waals surface area contributed by atoms with Crippen LogP contribution in [0.15, 0.2) is 18.2 Å². The van der Waals surface area contributed by atoms with Crippen molar-refractivity contribution in [1.82, 2.24) is 0 Å². The van der Waals surface area contributed by atoms with Gasteiger partial charge in [-0.15, -0.1) is 12.4 Å². The molecule has 0 aromatic heterocycles. The molecule has 1 aromatic rings. The molecule has 0 aliphatic carbocycles. The third kappa shape index (κ3) is 3.60. The van der Waals surface area contributed by atoms with E-state index >= 15 is 0 Å². The second kappa shape index (κ2) is 6.19. The molecular weight excluding hydrogens is 207 g/mol. The molecule has 0 amide bonds. The topological polar surface area (TPSA) is 59.0 Å². The number of hydrogen-bond donors (Lipinski definition) is 1. The fourth-order valence-electron chi connectivity index (χ4n) is 0.887. The van der Waals surface area contributed by atoms with E-state index in [1.807, 2.05) is 6.07 Å². The smallest absolute Gasteiger partial charge is 0.128 e. The molecule has 0 bridgehead atoms. The molecule has 0 fully saturated rings. The predicted molar refractivity (Wildman–Crippen MR) is 52.9 cm³/mol. The Morgan fingerprint density at radius 2 is 2.14 bits per heavy atom. The van der Waals surface area contributed by atoms with Crippen molar-refractivity contribution in [1.29, 1.82) is 5.26 Å². The molecule has 0 aliphatic heterocycles. The number of nitriles is 1. The first-order valence-electron chi connectivity index (χ1n) is 3.80. The van der Waals surface area contributed by atoms with Crippen LogP contribution in [0, 0.1) is 17.1 Å². The highest BCUT2D eigenvalue weighted by molar-refractivity contribution is 5.85. The molecule has 1 aromatic carbocycles. The highest BCUT2D eigenvalue weighted by atomic mass is 35.5. The third-order valence-corrected chi connectivity index (χ3v) is 1.39. The first kappa shape index (κ1) is 12.7. The molecule has 0 saturated carbocycles. The molecule has 76 valence electrons. The van der Waals surface area contributed by atoms with Gasteiger partial charge in [0.15, 0.2) is 0 Å². The summed E-state index contributed by atoms with van der Waals surface area (Å²) >= 11 is 0. The Labute approximate surface area is 87.7 Å². The van der Waals surface area contributed by atoms with Gasteiger partial charge in [-0.25, -0.2) is 4.39 Å². The summed E-state index contributed by atoms with van der Waals surface area (Å²) < 4.78 is 17.8. The third-order valence-electron chi connectivity index (χ3n) is 1.39. The van der Waals surface area contributed by atoms with E-state index in [4.69, 9.17) is 15.7 Å². The Morgan fingerprint density at radius 1 is 1.43 bits per heavy atom. The van der Waals surface area contributed by atoms with Gasteiger partial charge in [-0.2, -0.15) is 5.26 Å². The lowest BCUT2D eigenvalue weighted by molar-refractivity contribution is 0.326. The van der Waals surface area contributed by atoms with E-state index in [0.717, 1.165) is 6.07 Å². The lowest BCUT2D eigenvalue weighted by atomic mass is 10.2. The van der Waals surface area contributed by atoms with Crippen LogP contribution in [-0.2, 0) is 0 Å². The zero-order valence-electron chi connectivity index (χ0n) is 7.37. The van der Waals surface area contributed by atoms with Gasteiger partial charge < -0.3 is 10.5 Å². The molecular formula is C9H10ClFN2O. The second-order valence-corrected chi connectivity index (χ2v) is 2.42. The lowest BCUT2D eigenvalue weighted by Gasteiger charge is -2.04. The SMILES string of the molecule is Cl.N#Cc1cc(F)cc(OCCN)c1. The zero-order valence-corrected chi connectivity index (χ0v) is 8.18. The second-order valence-electron chi connectivity index (χ2n) is 2.42. The van der Waals surface area contributed by atoms with E-state index in [9.17, 15) is 4.39 Å². The summed E-state index contributed by atoms with van der Waals surface area (Å²) in [5.74, 6) is -0.145. The Morgan fingerprint density at radius 3 is 2.71 bits per heavy atom. The van der Waals surface area contributed by atoms with Gasteiger partial charge in [0.25, 0.3) is 0 Å². The Bertz CT molecular complexity index is 338. The number of benzene rings is 1. The fourth-order valence-corrected chi connectivity index (χ4v) is 0.887. The fraction of sp³-hybridized carbons (Fsp3) is 0.222. The van der Waals surface area contributed by atoms with E-state index in [0.29, 0.717) is 18.9 Å². The van der Waals surface area contributed by atoms with Gasteiger partial charge in [0.2, 0.25) is 0 Å². The van der Waals surface area contributed by atoms with Gasteiger partial charge in [0.1, 0.15) is 18.2 Å². The van der Waals surface area contributed by atoms with E-state index in [1.165, 1.54) is 12.1 Å². The maximum atomic E-state index is 12.8. The molecule has 1 rings (SSSR count). The van der Waals surface area contributed by atoms with Crippen LogP contribution in [-0.4, -0.2) is 13.2 Å².